The van der Waals surface area contributed by atoms with Gasteiger partial charge in [0.1, 0.15) is 0 Å². The van der Waals surface area contributed by atoms with Gasteiger partial charge < -0.3 is 23.3 Å². The lowest BCUT2D eigenvalue weighted by atomic mass is 10.2. The fraction of sp³-hybridized carbons (Fsp3) is 0.938. The number of rotatable bonds is 15. The summed E-state index contributed by atoms with van der Waals surface area (Å²) in [6, 6.07) is 0.694. The number of alkyl carbamates (subject to hydrolysis) is 1. The lowest BCUT2D eigenvalue weighted by Gasteiger charge is -2.28. The van der Waals surface area contributed by atoms with Crippen LogP contribution < -0.4 is 5.32 Å². The minimum atomic E-state index is -2.60. The molecule has 0 bridgehead atoms. The maximum absolute atomic E-state index is 11.6. The summed E-state index contributed by atoms with van der Waals surface area (Å²) in [6.45, 7) is 10.7. The van der Waals surface area contributed by atoms with Gasteiger partial charge in [0.15, 0.2) is 0 Å². The average molecular weight is 350 g/mol. The van der Waals surface area contributed by atoms with Gasteiger partial charge in [-0.05, 0) is 33.6 Å². The highest BCUT2D eigenvalue weighted by Gasteiger charge is 2.39. The Morgan fingerprint density at radius 2 is 1.48 bits per heavy atom. The van der Waals surface area contributed by atoms with Gasteiger partial charge in [0.2, 0.25) is 0 Å². The van der Waals surface area contributed by atoms with Crippen molar-refractivity contribution in [3.05, 3.63) is 0 Å². The third kappa shape index (κ3) is 11.5. The van der Waals surface area contributed by atoms with E-state index in [1.165, 1.54) is 12.8 Å². The van der Waals surface area contributed by atoms with E-state index in [1.807, 2.05) is 20.8 Å². The molecule has 0 aliphatic heterocycles. The molecular formula is C16H35NO5Si. The molecule has 0 spiro atoms. The van der Waals surface area contributed by atoms with Crippen LogP contribution in [0.15, 0.2) is 0 Å². The van der Waals surface area contributed by atoms with Crippen LogP contribution >= 0.6 is 0 Å². The molecule has 0 aromatic rings. The summed E-state index contributed by atoms with van der Waals surface area (Å²) < 4.78 is 22.4. The predicted molar refractivity (Wildman–Crippen MR) is 93.5 cm³/mol. The first kappa shape index (κ1) is 22.4. The fourth-order valence-electron chi connectivity index (χ4n) is 2.24. The predicted octanol–water partition coefficient (Wildman–Crippen LogP) is 3.73. The van der Waals surface area contributed by atoms with Crippen LogP contribution in [-0.4, -0.2) is 47.9 Å². The highest BCUT2D eigenvalue weighted by atomic mass is 28.4. The quantitative estimate of drug-likeness (QED) is 0.360. The highest BCUT2D eigenvalue weighted by molar-refractivity contribution is 6.60. The Bertz CT molecular complexity index is 275. The monoisotopic (exact) mass is 349 g/mol. The molecule has 1 amide bonds. The van der Waals surface area contributed by atoms with Crippen LogP contribution in [0, 0.1) is 0 Å². The minimum Gasteiger partial charge on any atom is -0.450 e. The Labute approximate surface area is 142 Å². The molecule has 0 heterocycles. The Hall–Kier alpha value is -0.633. The number of ether oxygens (including phenoxy) is 1. The molecule has 0 atom stereocenters. The zero-order valence-electron chi connectivity index (χ0n) is 15.3. The highest BCUT2D eigenvalue weighted by Crippen LogP contribution is 2.17. The topological polar surface area (TPSA) is 66.0 Å². The largest absolute Gasteiger partial charge is 0.500 e. The van der Waals surface area contributed by atoms with Crippen molar-refractivity contribution in [2.75, 3.05) is 33.0 Å². The fourth-order valence-corrected chi connectivity index (χ4v) is 4.85. The third-order valence-corrected chi connectivity index (χ3v) is 6.40. The van der Waals surface area contributed by atoms with Crippen LogP contribution in [0.2, 0.25) is 6.04 Å². The number of unbranched alkanes of at least 4 members (excludes halogenated alkanes) is 3. The van der Waals surface area contributed by atoms with Gasteiger partial charge >= 0.3 is 14.9 Å². The molecule has 138 valence electrons. The van der Waals surface area contributed by atoms with E-state index >= 15 is 0 Å². The Kier molecular flexibility index (Phi) is 14.5. The van der Waals surface area contributed by atoms with Crippen LogP contribution in [0.5, 0.6) is 0 Å². The first-order valence-electron chi connectivity index (χ1n) is 8.96. The van der Waals surface area contributed by atoms with Gasteiger partial charge in [0, 0.05) is 32.4 Å². The maximum atomic E-state index is 11.6. The van der Waals surface area contributed by atoms with Crippen LogP contribution in [0.1, 0.15) is 59.8 Å². The second-order valence-corrected chi connectivity index (χ2v) is 7.94. The number of hydrogen-bond donors (Lipinski definition) is 1. The van der Waals surface area contributed by atoms with Gasteiger partial charge in [-0.25, -0.2) is 4.79 Å². The first-order valence-corrected chi connectivity index (χ1v) is 10.9. The molecule has 0 saturated carbocycles. The molecule has 0 aromatic carbocycles. The smallest absolute Gasteiger partial charge is 0.450 e. The molecule has 0 fully saturated rings. The molecule has 0 aromatic heterocycles. The van der Waals surface area contributed by atoms with Crippen molar-refractivity contribution in [1.82, 2.24) is 5.32 Å². The Morgan fingerprint density at radius 1 is 0.870 bits per heavy atom. The summed E-state index contributed by atoms with van der Waals surface area (Å²) in [7, 11) is -2.60. The van der Waals surface area contributed by atoms with Crippen LogP contribution in [0.4, 0.5) is 4.79 Å². The molecule has 0 aliphatic rings. The van der Waals surface area contributed by atoms with Crippen molar-refractivity contribution < 1.29 is 22.8 Å². The molecule has 1 N–H and O–H groups in total. The van der Waals surface area contributed by atoms with Crippen molar-refractivity contribution >= 4 is 14.9 Å². The molecule has 0 radical (unpaired) electrons. The molecule has 6 nitrogen and oxygen atoms in total. The van der Waals surface area contributed by atoms with E-state index in [1.54, 1.807) is 0 Å². The molecule has 23 heavy (non-hydrogen) atoms. The summed E-state index contributed by atoms with van der Waals surface area (Å²) in [6.07, 6.45) is 4.79. The van der Waals surface area contributed by atoms with E-state index < -0.39 is 8.80 Å². The molecule has 7 heteroatoms. The molecule has 0 rings (SSSR count). The van der Waals surface area contributed by atoms with Crippen molar-refractivity contribution in [3.8, 4) is 0 Å². The van der Waals surface area contributed by atoms with E-state index in [0.717, 1.165) is 19.3 Å². The standard InChI is InChI=1S/C16H35NO5Si/c1-5-9-10-11-14-19-16(18)17-13-12-15-23(20-6-2,21-7-3)22-8-4/h5-15H2,1-4H3,(H,17,18). The lowest BCUT2D eigenvalue weighted by Crippen LogP contribution is -2.46. The van der Waals surface area contributed by atoms with Crippen molar-refractivity contribution in [1.29, 1.82) is 0 Å². The normalized spacial score (nSPS) is 11.5. The average Bonchev–Trinajstić information content (AvgIpc) is 2.52. The van der Waals surface area contributed by atoms with Crippen LogP contribution in [-0.2, 0) is 18.0 Å². The van der Waals surface area contributed by atoms with E-state index in [0.29, 0.717) is 39.0 Å². The summed E-state index contributed by atoms with van der Waals surface area (Å²) in [4.78, 5) is 11.6. The third-order valence-electron chi connectivity index (χ3n) is 3.25. The van der Waals surface area contributed by atoms with E-state index in [9.17, 15) is 4.79 Å². The lowest BCUT2D eigenvalue weighted by molar-refractivity contribution is 0.0706. The van der Waals surface area contributed by atoms with Crippen molar-refractivity contribution in [2.24, 2.45) is 0 Å². The number of amides is 1. The number of carbonyl (C=O) groups is 1. The zero-order valence-corrected chi connectivity index (χ0v) is 16.3. The number of carbonyl (C=O) groups excluding carboxylic acids is 1. The second-order valence-electron chi connectivity index (χ2n) is 5.21. The van der Waals surface area contributed by atoms with Crippen molar-refractivity contribution in [3.63, 3.8) is 0 Å². The maximum Gasteiger partial charge on any atom is 0.500 e. The van der Waals surface area contributed by atoms with E-state index in [-0.39, 0.29) is 6.09 Å². The minimum absolute atomic E-state index is 0.349. The van der Waals surface area contributed by atoms with E-state index in [4.69, 9.17) is 18.0 Å². The first-order chi connectivity index (χ1) is 11.1. The second kappa shape index (κ2) is 14.9. The summed E-state index contributed by atoms with van der Waals surface area (Å²) >= 11 is 0. The zero-order chi connectivity index (χ0) is 17.4. The Balaban J connectivity index is 3.93. The summed E-state index contributed by atoms with van der Waals surface area (Å²) in [5, 5.41) is 2.77. The van der Waals surface area contributed by atoms with Gasteiger partial charge in [-0.3, -0.25) is 0 Å². The molecular weight excluding hydrogens is 314 g/mol. The van der Waals surface area contributed by atoms with Gasteiger partial charge in [-0.1, -0.05) is 26.2 Å². The van der Waals surface area contributed by atoms with Crippen LogP contribution in [0.3, 0.4) is 0 Å². The van der Waals surface area contributed by atoms with Gasteiger partial charge in [-0.15, -0.1) is 0 Å². The molecule has 0 saturated heterocycles. The van der Waals surface area contributed by atoms with Gasteiger partial charge in [-0.2, -0.15) is 0 Å². The number of nitrogens with one attached hydrogen (secondary N) is 1. The molecule has 0 aliphatic carbocycles. The van der Waals surface area contributed by atoms with Crippen molar-refractivity contribution in [2.45, 2.75) is 65.8 Å². The summed E-state index contributed by atoms with van der Waals surface area (Å²) in [5.41, 5.74) is 0. The van der Waals surface area contributed by atoms with E-state index in [2.05, 4.69) is 12.2 Å². The Morgan fingerprint density at radius 3 is 2.00 bits per heavy atom. The SMILES string of the molecule is CCCCCCOC(=O)NCCC[Si](OCC)(OCC)OCC. The van der Waals surface area contributed by atoms with Gasteiger partial charge in [0.25, 0.3) is 0 Å². The van der Waals surface area contributed by atoms with Crippen LogP contribution in [0.25, 0.3) is 0 Å². The molecule has 0 unspecified atom stereocenters. The summed E-state index contributed by atoms with van der Waals surface area (Å²) in [5.74, 6) is 0. The number of hydrogen-bond acceptors (Lipinski definition) is 5. The van der Waals surface area contributed by atoms with Gasteiger partial charge in [0.05, 0.1) is 6.61 Å².